The fourth-order valence-electron chi connectivity index (χ4n) is 2.46. The number of carboxylic acids is 1. The van der Waals surface area contributed by atoms with Crippen molar-refractivity contribution in [3.8, 4) is 0 Å². The van der Waals surface area contributed by atoms with Crippen molar-refractivity contribution in [2.45, 2.75) is 33.1 Å². The van der Waals surface area contributed by atoms with Crippen LogP contribution in [0.4, 0.5) is 0 Å². The van der Waals surface area contributed by atoms with Crippen molar-refractivity contribution in [1.29, 1.82) is 0 Å². The minimum atomic E-state index is -0.921. The van der Waals surface area contributed by atoms with Gasteiger partial charge in [-0.2, -0.15) is 0 Å². The average Bonchev–Trinajstić information content (AvgIpc) is 2.82. The molecule has 0 aliphatic rings. The topological polar surface area (TPSA) is 74.9 Å². The fourth-order valence-corrected chi connectivity index (χ4v) is 3.10. The maximum atomic E-state index is 12.8. The quantitative estimate of drug-likeness (QED) is 0.834. The van der Waals surface area contributed by atoms with Gasteiger partial charge in [0.25, 0.3) is 5.91 Å². The van der Waals surface area contributed by atoms with Crippen molar-refractivity contribution in [2.75, 3.05) is 13.6 Å². The first-order chi connectivity index (χ1) is 10.8. The number of aromatic nitrogens is 2. The second kappa shape index (κ2) is 7.12. The zero-order valence-electron chi connectivity index (χ0n) is 13.5. The van der Waals surface area contributed by atoms with Crippen LogP contribution in [0.15, 0.2) is 16.7 Å². The molecule has 0 radical (unpaired) electrons. The van der Waals surface area contributed by atoms with Gasteiger partial charge in [-0.1, -0.05) is 13.3 Å². The molecule has 0 spiro atoms. The van der Waals surface area contributed by atoms with Gasteiger partial charge >= 0.3 is 5.97 Å². The first-order valence-electron chi connectivity index (χ1n) is 7.49. The van der Waals surface area contributed by atoms with E-state index in [0.29, 0.717) is 17.8 Å². The van der Waals surface area contributed by atoms with E-state index in [1.54, 1.807) is 11.4 Å². The Bertz CT molecular complexity index is 755. The van der Waals surface area contributed by atoms with Gasteiger partial charge in [0.1, 0.15) is 5.69 Å². The predicted molar refractivity (Wildman–Crippen MR) is 90.8 cm³/mol. The molecule has 0 saturated heterocycles. The Kier molecular flexibility index (Phi) is 5.41. The van der Waals surface area contributed by atoms with E-state index < -0.39 is 5.97 Å². The molecule has 124 valence electrons. The van der Waals surface area contributed by atoms with Crippen LogP contribution in [0.2, 0.25) is 0 Å². The molecule has 2 aromatic heterocycles. The van der Waals surface area contributed by atoms with Crippen LogP contribution in [-0.2, 0) is 11.2 Å². The largest absolute Gasteiger partial charge is 0.481 e. The third-order valence-corrected chi connectivity index (χ3v) is 4.16. The van der Waals surface area contributed by atoms with E-state index >= 15 is 0 Å². The lowest BCUT2D eigenvalue weighted by atomic mass is 10.2. The van der Waals surface area contributed by atoms with Crippen molar-refractivity contribution in [3.05, 3.63) is 33.7 Å². The molecule has 0 unspecified atom stereocenters. The number of hydrogen-bond donors (Lipinski definition) is 1. The minimum absolute atomic E-state index is 0.0786. The Morgan fingerprint density at radius 2 is 2.13 bits per heavy atom. The van der Waals surface area contributed by atoms with Crippen LogP contribution in [-0.4, -0.2) is 44.9 Å². The van der Waals surface area contributed by atoms with E-state index in [1.165, 1.54) is 4.90 Å². The third kappa shape index (κ3) is 3.72. The second-order valence-electron chi connectivity index (χ2n) is 5.59. The number of fused-ring (bicyclic) bond motifs is 1. The summed E-state index contributed by atoms with van der Waals surface area (Å²) < 4.78 is 2.63. The molecule has 0 fully saturated rings. The maximum Gasteiger partial charge on any atom is 0.305 e. The lowest BCUT2D eigenvalue weighted by Crippen LogP contribution is -2.30. The number of rotatable bonds is 6. The molecule has 0 atom stereocenters. The Hall–Kier alpha value is -1.89. The summed E-state index contributed by atoms with van der Waals surface area (Å²) in [5.74, 6) is -1.13. The summed E-state index contributed by atoms with van der Waals surface area (Å²) in [5.41, 5.74) is 2.96. The molecule has 2 heterocycles. The van der Waals surface area contributed by atoms with Gasteiger partial charge in [0.15, 0.2) is 5.65 Å². The summed E-state index contributed by atoms with van der Waals surface area (Å²) in [6, 6.07) is 1.96. The monoisotopic (exact) mass is 381 g/mol. The molecule has 0 aliphatic carbocycles. The number of hydrogen-bond acceptors (Lipinski definition) is 3. The number of aliphatic carboxylic acids is 1. The summed E-state index contributed by atoms with van der Waals surface area (Å²) >= 11 is 3.50. The molecular weight excluding hydrogens is 362 g/mol. The summed E-state index contributed by atoms with van der Waals surface area (Å²) in [7, 11) is 1.62. The Balaban J connectivity index is 2.50. The molecule has 2 rings (SSSR count). The minimum Gasteiger partial charge on any atom is -0.481 e. The van der Waals surface area contributed by atoms with Crippen molar-refractivity contribution >= 4 is 33.5 Å². The highest BCUT2D eigenvalue weighted by atomic mass is 79.9. The van der Waals surface area contributed by atoms with Crippen LogP contribution >= 0.6 is 15.9 Å². The van der Waals surface area contributed by atoms with E-state index in [2.05, 4.69) is 20.9 Å². The average molecular weight is 382 g/mol. The number of carboxylic acid groups (broad SMARTS) is 1. The van der Waals surface area contributed by atoms with Gasteiger partial charge in [-0.15, -0.1) is 0 Å². The predicted octanol–water partition coefficient (Wildman–Crippen LogP) is 2.90. The number of amides is 1. The molecule has 1 N–H and O–H groups in total. The SMILES string of the molecule is CCCc1nc2c(Br)cc(C)cn2c1C(=O)N(C)CCC(=O)O. The number of carbonyl (C=O) groups is 2. The van der Waals surface area contributed by atoms with E-state index in [0.717, 1.165) is 22.2 Å². The highest BCUT2D eigenvalue weighted by molar-refractivity contribution is 9.10. The molecule has 0 saturated carbocycles. The van der Waals surface area contributed by atoms with Crippen LogP contribution in [0, 0.1) is 6.92 Å². The van der Waals surface area contributed by atoms with E-state index in [1.807, 2.05) is 26.1 Å². The molecule has 0 aliphatic heterocycles. The molecular formula is C16H20BrN3O3. The first kappa shape index (κ1) is 17.5. The van der Waals surface area contributed by atoms with Gasteiger partial charge in [0, 0.05) is 19.8 Å². The van der Waals surface area contributed by atoms with Gasteiger partial charge in [-0.05, 0) is 40.9 Å². The zero-order valence-corrected chi connectivity index (χ0v) is 15.1. The Morgan fingerprint density at radius 3 is 2.74 bits per heavy atom. The van der Waals surface area contributed by atoms with Crippen molar-refractivity contribution in [1.82, 2.24) is 14.3 Å². The van der Waals surface area contributed by atoms with E-state index in [4.69, 9.17) is 5.11 Å². The maximum absolute atomic E-state index is 12.8. The van der Waals surface area contributed by atoms with Crippen LogP contribution in [0.25, 0.3) is 5.65 Å². The Morgan fingerprint density at radius 1 is 1.43 bits per heavy atom. The van der Waals surface area contributed by atoms with Crippen molar-refractivity contribution < 1.29 is 14.7 Å². The van der Waals surface area contributed by atoms with Gasteiger partial charge < -0.3 is 10.0 Å². The Labute approximate surface area is 143 Å². The van der Waals surface area contributed by atoms with Gasteiger partial charge in [0.05, 0.1) is 16.6 Å². The third-order valence-electron chi connectivity index (χ3n) is 3.58. The number of imidazole rings is 1. The molecule has 6 nitrogen and oxygen atoms in total. The molecule has 23 heavy (non-hydrogen) atoms. The number of carbonyl (C=O) groups excluding carboxylic acids is 1. The van der Waals surface area contributed by atoms with Crippen molar-refractivity contribution in [3.63, 3.8) is 0 Å². The standard InChI is InChI=1S/C16H20BrN3O3/c1-4-5-12-14(16(23)19(3)7-6-13(21)22)20-9-10(2)8-11(17)15(20)18-12/h8-9H,4-7H2,1-3H3,(H,21,22). The summed E-state index contributed by atoms with van der Waals surface area (Å²) in [4.78, 5) is 29.6. The smallest absolute Gasteiger partial charge is 0.305 e. The van der Waals surface area contributed by atoms with Crippen LogP contribution in [0.5, 0.6) is 0 Å². The van der Waals surface area contributed by atoms with Crippen LogP contribution in [0.1, 0.15) is 41.5 Å². The lowest BCUT2D eigenvalue weighted by molar-refractivity contribution is -0.137. The molecule has 0 aromatic carbocycles. The van der Waals surface area contributed by atoms with Gasteiger partial charge in [-0.25, -0.2) is 4.98 Å². The zero-order chi connectivity index (χ0) is 17.1. The van der Waals surface area contributed by atoms with E-state index in [-0.39, 0.29) is 18.9 Å². The molecule has 1 amide bonds. The number of aryl methyl sites for hydroxylation is 2. The van der Waals surface area contributed by atoms with Crippen LogP contribution < -0.4 is 0 Å². The first-order valence-corrected chi connectivity index (χ1v) is 8.28. The molecule has 2 aromatic rings. The highest BCUT2D eigenvalue weighted by Gasteiger charge is 2.23. The normalized spacial score (nSPS) is 11.0. The molecule has 0 bridgehead atoms. The number of pyridine rings is 1. The van der Waals surface area contributed by atoms with Gasteiger partial charge in [-0.3, -0.25) is 14.0 Å². The number of nitrogens with zero attached hydrogens (tertiary/aromatic N) is 3. The number of halogens is 1. The van der Waals surface area contributed by atoms with Crippen LogP contribution in [0.3, 0.4) is 0 Å². The highest BCUT2D eigenvalue weighted by Crippen LogP contribution is 2.24. The van der Waals surface area contributed by atoms with Crippen molar-refractivity contribution in [2.24, 2.45) is 0 Å². The lowest BCUT2D eigenvalue weighted by Gasteiger charge is -2.16. The van der Waals surface area contributed by atoms with E-state index in [9.17, 15) is 9.59 Å². The summed E-state index contributed by atoms with van der Waals surface area (Å²) in [6.07, 6.45) is 3.37. The summed E-state index contributed by atoms with van der Waals surface area (Å²) in [6.45, 7) is 4.15. The fraction of sp³-hybridized carbons (Fsp3) is 0.438. The molecule has 7 heteroatoms. The van der Waals surface area contributed by atoms with Gasteiger partial charge in [0.2, 0.25) is 0 Å². The second-order valence-corrected chi connectivity index (χ2v) is 6.44. The summed E-state index contributed by atoms with van der Waals surface area (Å²) in [5, 5.41) is 8.80.